The van der Waals surface area contributed by atoms with Crippen LogP contribution >= 0.6 is 0 Å². The normalized spacial score (nSPS) is 11.8. The van der Waals surface area contributed by atoms with Gasteiger partial charge in [-0.05, 0) is 17.5 Å². The summed E-state index contributed by atoms with van der Waals surface area (Å²) in [5.74, 6) is -1.84. The molecule has 0 aromatic carbocycles. The molecule has 0 aliphatic heterocycles. The minimum absolute atomic E-state index is 0.0724. The molecule has 1 unspecified atom stereocenters. The highest BCUT2D eigenvalue weighted by Gasteiger charge is 2.21. The fourth-order valence-electron chi connectivity index (χ4n) is 1.60. The van der Waals surface area contributed by atoms with Crippen molar-refractivity contribution in [3.63, 3.8) is 0 Å². The van der Waals surface area contributed by atoms with Crippen molar-refractivity contribution in [2.24, 2.45) is 11.7 Å². The highest BCUT2D eigenvalue weighted by molar-refractivity contribution is 5.86. The third-order valence-electron chi connectivity index (χ3n) is 2.76. The third kappa shape index (κ3) is 5.09. The van der Waals surface area contributed by atoms with E-state index >= 15 is 0 Å². The number of carboxylic acids is 1. The molecule has 1 atom stereocenters. The number of carboxylic acid groups (broad SMARTS) is 1. The van der Waals surface area contributed by atoms with Crippen LogP contribution < -0.4 is 16.4 Å². The van der Waals surface area contributed by atoms with Crippen LogP contribution in [0.4, 0.5) is 4.79 Å². The van der Waals surface area contributed by atoms with Crippen LogP contribution in [-0.2, 0) is 11.3 Å². The minimum Gasteiger partial charge on any atom is -0.477 e. The lowest BCUT2D eigenvalue weighted by molar-refractivity contribution is -0.120. The number of pyridine rings is 1. The molecule has 8 nitrogen and oxygen atoms in total. The van der Waals surface area contributed by atoms with Gasteiger partial charge in [-0.25, -0.2) is 14.6 Å². The van der Waals surface area contributed by atoms with E-state index in [1.165, 1.54) is 12.3 Å². The lowest BCUT2D eigenvalue weighted by Crippen LogP contribution is -2.50. The third-order valence-corrected chi connectivity index (χ3v) is 2.76. The molecule has 5 N–H and O–H groups in total. The first-order chi connectivity index (χ1) is 9.81. The summed E-state index contributed by atoms with van der Waals surface area (Å²) < 4.78 is 0. The van der Waals surface area contributed by atoms with Crippen LogP contribution in [0.5, 0.6) is 0 Å². The molecule has 0 bridgehead atoms. The van der Waals surface area contributed by atoms with Gasteiger partial charge in [-0.15, -0.1) is 0 Å². The second-order valence-electron chi connectivity index (χ2n) is 4.81. The number of aromatic nitrogens is 1. The van der Waals surface area contributed by atoms with Crippen molar-refractivity contribution >= 4 is 17.9 Å². The standard InChI is InChI=1S/C13H18N4O4/c1-7(2)10(11(14)18)17-13(21)16-6-8-3-4-9(12(19)20)15-5-8/h3-5,7,10H,6H2,1-2H3,(H2,14,18)(H,19,20)(H2,16,17,21). The maximum atomic E-state index is 11.7. The number of aromatic carboxylic acids is 1. The van der Waals surface area contributed by atoms with Crippen LogP contribution in [-0.4, -0.2) is 34.0 Å². The maximum absolute atomic E-state index is 11.7. The van der Waals surface area contributed by atoms with Crippen LogP contribution in [0.2, 0.25) is 0 Å². The van der Waals surface area contributed by atoms with Gasteiger partial charge in [-0.1, -0.05) is 19.9 Å². The quantitative estimate of drug-likeness (QED) is 0.589. The number of rotatable bonds is 6. The van der Waals surface area contributed by atoms with Gasteiger partial charge in [0.05, 0.1) is 0 Å². The molecule has 1 aromatic heterocycles. The predicted molar refractivity (Wildman–Crippen MR) is 74.4 cm³/mol. The van der Waals surface area contributed by atoms with E-state index in [0.29, 0.717) is 5.56 Å². The molecule has 3 amide bonds. The van der Waals surface area contributed by atoms with E-state index < -0.39 is 23.9 Å². The Morgan fingerprint density at radius 1 is 1.33 bits per heavy atom. The molecule has 0 aliphatic carbocycles. The fraction of sp³-hybridized carbons (Fsp3) is 0.385. The number of nitrogens with one attached hydrogen (secondary N) is 2. The van der Waals surface area contributed by atoms with Crippen molar-refractivity contribution in [3.8, 4) is 0 Å². The molecule has 1 rings (SSSR count). The Balaban J connectivity index is 2.52. The zero-order chi connectivity index (χ0) is 16.0. The van der Waals surface area contributed by atoms with E-state index in [9.17, 15) is 14.4 Å². The van der Waals surface area contributed by atoms with Gasteiger partial charge in [0.25, 0.3) is 0 Å². The number of hydrogen-bond donors (Lipinski definition) is 4. The summed E-state index contributed by atoms with van der Waals surface area (Å²) >= 11 is 0. The van der Waals surface area contributed by atoms with E-state index in [2.05, 4.69) is 15.6 Å². The van der Waals surface area contributed by atoms with E-state index in [4.69, 9.17) is 10.8 Å². The van der Waals surface area contributed by atoms with Crippen molar-refractivity contribution in [2.75, 3.05) is 0 Å². The molecule has 0 saturated heterocycles. The number of amides is 3. The Kier molecular flexibility index (Phi) is 5.65. The molecule has 0 spiro atoms. The number of carbonyl (C=O) groups excluding carboxylic acids is 2. The summed E-state index contributed by atoms with van der Waals surface area (Å²) in [7, 11) is 0. The molecule has 0 saturated carbocycles. The molecular weight excluding hydrogens is 276 g/mol. The SMILES string of the molecule is CC(C)C(NC(=O)NCc1ccc(C(=O)O)nc1)C(N)=O. The van der Waals surface area contributed by atoms with Crippen molar-refractivity contribution in [3.05, 3.63) is 29.6 Å². The average Bonchev–Trinajstić information content (AvgIpc) is 2.42. The molecule has 0 fully saturated rings. The summed E-state index contributed by atoms with van der Waals surface area (Å²) in [4.78, 5) is 37.2. The van der Waals surface area contributed by atoms with Gasteiger partial charge in [-0.3, -0.25) is 4.79 Å². The summed E-state index contributed by atoms with van der Waals surface area (Å²) in [6.45, 7) is 3.69. The average molecular weight is 294 g/mol. The molecule has 1 aromatic rings. The largest absolute Gasteiger partial charge is 0.477 e. The van der Waals surface area contributed by atoms with Crippen LogP contribution in [0, 0.1) is 5.92 Å². The van der Waals surface area contributed by atoms with Gasteiger partial charge in [0.1, 0.15) is 11.7 Å². The smallest absolute Gasteiger partial charge is 0.354 e. The Bertz CT molecular complexity index is 527. The van der Waals surface area contributed by atoms with E-state index in [1.54, 1.807) is 19.9 Å². The van der Waals surface area contributed by atoms with Gasteiger partial charge < -0.3 is 21.5 Å². The molecule has 8 heteroatoms. The van der Waals surface area contributed by atoms with Crippen LogP contribution in [0.25, 0.3) is 0 Å². The first-order valence-corrected chi connectivity index (χ1v) is 6.33. The van der Waals surface area contributed by atoms with Crippen molar-refractivity contribution in [1.82, 2.24) is 15.6 Å². The van der Waals surface area contributed by atoms with Crippen LogP contribution in [0.3, 0.4) is 0 Å². The topological polar surface area (TPSA) is 134 Å². The van der Waals surface area contributed by atoms with Crippen molar-refractivity contribution < 1.29 is 19.5 Å². The van der Waals surface area contributed by atoms with Crippen molar-refractivity contribution in [1.29, 1.82) is 0 Å². The number of primary amides is 1. The van der Waals surface area contributed by atoms with E-state index in [-0.39, 0.29) is 18.2 Å². The summed E-state index contributed by atoms with van der Waals surface area (Å²) in [5.41, 5.74) is 5.75. The molecular formula is C13H18N4O4. The van der Waals surface area contributed by atoms with Gasteiger partial charge in [0, 0.05) is 12.7 Å². The second-order valence-corrected chi connectivity index (χ2v) is 4.81. The molecule has 0 radical (unpaired) electrons. The summed E-state index contributed by atoms with van der Waals surface area (Å²) in [6.07, 6.45) is 1.36. The van der Waals surface area contributed by atoms with E-state index in [1.807, 2.05) is 0 Å². The molecule has 21 heavy (non-hydrogen) atoms. The second kappa shape index (κ2) is 7.22. The molecule has 1 heterocycles. The van der Waals surface area contributed by atoms with Gasteiger partial charge in [0.15, 0.2) is 0 Å². The number of nitrogens with two attached hydrogens (primary N) is 1. The Labute approximate surface area is 121 Å². The Morgan fingerprint density at radius 2 is 2.00 bits per heavy atom. The lowest BCUT2D eigenvalue weighted by atomic mass is 10.0. The fourth-order valence-corrected chi connectivity index (χ4v) is 1.60. The first-order valence-electron chi connectivity index (χ1n) is 6.33. The molecule has 0 aliphatic rings. The number of urea groups is 1. The highest BCUT2D eigenvalue weighted by Crippen LogP contribution is 2.02. The predicted octanol–water partition coefficient (Wildman–Crippen LogP) is 0.0889. The van der Waals surface area contributed by atoms with Crippen LogP contribution in [0.1, 0.15) is 29.9 Å². The van der Waals surface area contributed by atoms with Crippen LogP contribution in [0.15, 0.2) is 18.3 Å². The summed E-state index contributed by atoms with van der Waals surface area (Å²) in [6, 6.07) is 1.61. The number of hydrogen-bond acceptors (Lipinski definition) is 4. The minimum atomic E-state index is -1.12. The number of carbonyl (C=O) groups is 3. The Hall–Kier alpha value is -2.64. The van der Waals surface area contributed by atoms with Gasteiger partial charge in [-0.2, -0.15) is 0 Å². The monoisotopic (exact) mass is 294 g/mol. The van der Waals surface area contributed by atoms with Gasteiger partial charge >= 0.3 is 12.0 Å². The summed E-state index contributed by atoms with van der Waals surface area (Å²) in [5, 5.41) is 13.7. The zero-order valence-electron chi connectivity index (χ0n) is 11.8. The zero-order valence-corrected chi connectivity index (χ0v) is 11.8. The number of nitrogens with zero attached hydrogens (tertiary/aromatic N) is 1. The Morgan fingerprint density at radius 3 is 2.43 bits per heavy atom. The highest BCUT2D eigenvalue weighted by atomic mass is 16.4. The first kappa shape index (κ1) is 16.4. The molecule has 114 valence electrons. The van der Waals surface area contributed by atoms with Gasteiger partial charge in [0.2, 0.25) is 5.91 Å². The maximum Gasteiger partial charge on any atom is 0.354 e. The van der Waals surface area contributed by atoms with E-state index in [0.717, 1.165) is 0 Å². The lowest BCUT2D eigenvalue weighted by Gasteiger charge is -2.19. The van der Waals surface area contributed by atoms with Crippen molar-refractivity contribution in [2.45, 2.75) is 26.4 Å².